The molecule has 0 saturated carbocycles. The van der Waals surface area contributed by atoms with Gasteiger partial charge in [-0.15, -0.1) is 0 Å². The first kappa shape index (κ1) is 20.0. The molecule has 0 spiro atoms. The first-order valence-electron chi connectivity index (χ1n) is 10.5. The molecule has 2 amide bonds. The summed E-state index contributed by atoms with van der Waals surface area (Å²) >= 11 is 1.62. The SMILES string of the molecule is CCc1ccc(CNC(=O)c2ccc3c(c2)NC(=O)C([NH+]2CCCCC2)S3)cc1. The molecule has 2 aromatic rings. The van der Waals surface area contributed by atoms with Crippen molar-refractivity contribution in [2.24, 2.45) is 0 Å². The molecule has 4 rings (SSSR count). The molecule has 29 heavy (non-hydrogen) atoms. The van der Waals surface area contributed by atoms with Crippen LogP contribution in [0.1, 0.15) is 47.7 Å². The van der Waals surface area contributed by atoms with E-state index in [0.717, 1.165) is 35.7 Å². The number of carbonyl (C=O) groups is 2. The third kappa shape index (κ3) is 4.65. The molecule has 2 aliphatic rings. The molecular weight excluding hydrogens is 382 g/mol. The summed E-state index contributed by atoms with van der Waals surface area (Å²) in [4.78, 5) is 27.6. The van der Waals surface area contributed by atoms with Gasteiger partial charge in [-0.05, 0) is 55.0 Å². The Labute approximate surface area is 176 Å². The highest BCUT2D eigenvalue weighted by Crippen LogP contribution is 2.34. The molecule has 1 unspecified atom stereocenters. The van der Waals surface area contributed by atoms with E-state index in [4.69, 9.17) is 0 Å². The molecule has 0 aromatic heterocycles. The number of hydrogen-bond donors (Lipinski definition) is 3. The molecule has 5 nitrogen and oxygen atoms in total. The standard InChI is InChI=1S/C23H27N3O2S/c1-2-16-6-8-17(9-7-16)15-24-21(27)18-10-11-20-19(14-18)25-22(28)23(29-20)26-12-4-3-5-13-26/h6-11,14,23H,2-5,12-13,15H2,1H3,(H,24,27)(H,25,28)/p+1. The smallest absolute Gasteiger partial charge is 0.294 e. The number of anilines is 1. The molecule has 152 valence electrons. The van der Waals surface area contributed by atoms with E-state index in [0.29, 0.717) is 12.1 Å². The van der Waals surface area contributed by atoms with Crippen LogP contribution in [0.25, 0.3) is 0 Å². The van der Waals surface area contributed by atoms with Gasteiger partial charge in [0.1, 0.15) is 0 Å². The van der Waals surface area contributed by atoms with Gasteiger partial charge in [0.25, 0.3) is 11.8 Å². The fourth-order valence-corrected chi connectivity index (χ4v) is 5.17. The summed E-state index contributed by atoms with van der Waals surface area (Å²) in [6, 6.07) is 13.9. The minimum absolute atomic E-state index is 0.0490. The maximum Gasteiger partial charge on any atom is 0.294 e. The molecule has 6 heteroatoms. The van der Waals surface area contributed by atoms with Crippen LogP contribution >= 0.6 is 11.8 Å². The minimum atomic E-state index is -0.129. The summed E-state index contributed by atoms with van der Waals surface area (Å²) in [7, 11) is 0. The van der Waals surface area contributed by atoms with Gasteiger partial charge in [-0.25, -0.2) is 0 Å². The Hall–Kier alpha value is -2.31. The summed E-state index contributed by atoms with van der Waals surface area (Å²) in [6.45, 7) is 4.72. The molecule has 2 aliphatic heterocycles. The fraction of sp³-hybridized carbons (Fsp3) is 0.391. The summed E-state index contributed by atoms with van der Waals surface area (Å²) in [5.74, 6) is -0.0802. The quantitative estimate of drug-likeness (QED) is 0.710. The number of piperidine rings is 1. The molecule has 1 atom stereocenters. The van der Waals surface area contributed by atoms with Crippen LogP contribution in [-0.4, -0.2) is 30.3 Å². The summed E-state index contributed by atoms with van der Waals surface area (Å²) in [5.41, 5.74) is 3.67. The van der Waals surface area contributed by atoms with Gasteiger partial charge in [-0.2, -0.15) is 0 Å². The molecule has 0 radical (unpaired) electrons. The number of hydrogen-bond acceptors (Lipinski definition) is 3. The predicted molar refractivity (Wildman–Crippen MR) is 116 cm³/mol. The van der Waals surface area contributed by atoms with Crippen molar-refractivity contribution in [2.75, 3.05) is 18.4 Å². The average Bonchev–Trinajstić information content (AvgIpc) is 2.77. The Kier molecular flexibility index (Phi) is 6.21. The van der Waals surface area contributed by atoms with E-state index in [9.17, 15) is 9.59 Å². The third-order valence-corrected chi connectivity index (χ3v) is 7.13. The predicted octanol–water partition coefficient (Wildman–Crippen LogP) is 2.62. The monoisotopic (exact) mass is 410 g/mol. The van der Waals surface area contributed by atoms with E-state index >= 15 is 0 Å². The summed E-state index contributed by atoms with van der Waals surface area (Å²) < 4.78 is 0. The number of thioether (sulfide) groups is 1. The van der Waals surface area contributed by atoms with Gasteiger partial charge in [-0.1, -0.05) is 43.0 Å². The second-order valence-electron chi connectivity index (χ2n) is 7.77. The second kappa shape index (κ2) is 9.01. The molecule has 0 aliphatic carbocycles. The van der Waals surface area contributed by atoms with Crippen LogP contribution in [0.5, 0.6) is 0 Å². The molecule has 3 N–H and O–H groups in total. The Morgan fingerprint density at radius 2 is 1.83 bits per heavy atom. The average molecular weight is 411 g/mol. The molecule has 2 heterocycles. The zero-order chi connectivity index (χ0) is 20.2. The number of nitrogens with one attached hydrogen (secondary N) is 3. The zero-order valence-electron chi connectivity index (χ0n) is 16.8. The van der Waals surface area contributed by atoms with Gasteiger partial charge >= 0.3 is 0 Å². The van der Waals surface area contributed by atoms with Crippen molar-refractivity contribution in [1.29, 1.82) is 0 Å². The lowest BCUT2D eigenvalue weighted by Gasteiger charge is -2.33. The minimum Gasteiger partial charge on any atom is -0.348 e. The van der Waals surface area contributed by atoms with E-state index in [-0.39, 0.29) is 17.2 Å². The van der Waals surface area contributed by atoms with Crippen LogP contribution < -0.4 is 15.5 Å². The van der Waals surface area contributed by atoms with Crippen LogP contribution in [0, 0.1) is 0 Å². The van der Waals surface area contributed by atoms with Crippen molar-refractivity contribution in [3.05, 3.63) is 59.2 Å². The van der Waals surface area contributed by atoms with Crippen molar-refractivity contribution < 1.29 is 14.5 Å². The van der Waals surface area contributed by atoms with Gasteiger partial charge in [0.15, 0.2) is 0 Å². The number of aryl methyl sites for hydroxylation is 1. The number of amides is 2. The van der Waals surface area contributed by atoms with E-state index in [1.54, 1.807) is 17.8 Å². The molecule has 0 bridgehead atoms. The Morgan fingerprint density at radius 1 is 1.10 bits per heavy atom. The Morgan fingerprint density at radius 3 is 2.55 bits per heavy atom. The van der Waals surface area contributed by atoms with Crippen LogP contribution in [0.15, 0.2) is 47.4 Å². The van der Waals surface area contributed by atoms with Gasteiger partial charge < -0.3 is 15.5 Å². The number of likely N-dealkylation sites (tertiary alicyclic amines) is 1. The van der Waals surface area contributed by atoms with Gasteiger partial charge in [0.2, 0.25) is 5.37 Å². The van der Waals surface area contributed by atoms with Gasteiger partial charge in [0.05, 0.1) is 18.8 Å². The van der Waals surface area contributed by atoms with Gasteiger partial charge in [-0.3, -0.25) is 9.59 Å². The third-order valence-electron chi connectivity index (χ3n) is 5.73. The maximum absolute atomic E-state index is 12.6. The number of quaternary nitrogens is 1. The highest BCUT2D eigenvalue weighted by molar-refractivity contribution is 8.00. The van der Waals surface area contributed by atoms with Crippen molar-refractivity contribution in [3.8, 4) is 0 Å². The van der Waals surface area contributed by atoms with Crippen molar-refractivity contribution in [3.63, 3.8) is 0 Å². The van der Waals surface area contributed by atoms with Gasteiger partial charge in [0, 0.05) is 17.0 Å². The molecule has 2 aromatic carbocycles. The number of benzene rings is 2. The van der Waals surface area contributed by atoms with E-state index in [2.05, 4.69) is 29.7 Å². The second-order valence-corrected chi connectivity index (χ2v) is 8.92. The van der Waals surface area contributed by atoms with E-state index in [1.807, 2.05) is 24.3 Å². The van der Waals surface area contributed by atoms with Crippen LogP contribution in [-0.2, 0) is 17.8 Å². The van der Waals surface area contributed by atoms with Crippen molar-refractivity contribution in [2.45, 2.75) is 49.4 Å². The summed E-state index contributed by atoms with van der Waals surface area (Å²) in [6.07, 6.45) is 4.64. The number of fused-ring (bicyclic) bond motifs is 1. The van der Waals surface area contributed by atoms with Crippen molar-refractivity contribution in [1.82, 2.24) is 5.32 Å². The fourth-order valence-electron chi connectivity index (χ4n) is 3.96. The number of carbonyl (C=O) groups excluding carboxylic acids is 2. The van der Waals surface area contributed by atoms with Crippen LogP contribution in [0.3, 0.4) is 0 Å². The van der Waals surface area contributed by atoms with E-state index < -0.39 is 0 Å². The summed E-state index contributed by atoms with van der Waals surface area (Å²) in [5, 5.41) is 5.91. The Bertz CT molecular complexity index is 891. The normalized spacial score (nSPS) is 19.3. The lowest BCUT2D eigenvalue weighted by Crippen LogP contribution is -3.17. The molecule has 1 fully saturated rings. The molecule has 1 saturated heterocycles. The van der Waals surface area contributed by atoms with Crippen LogP contribution in [0.2, 0.25) is 0 Å². The topological polar surface area (TPSA) is 62.6 Å². The first-order chi connectivity index (χ1) is 14.1. The van der Waals surface area contributed by atoms with Crippen LogP contribution in [0.4, 0.5) is 5.69 Å². The first-order valence-corrected chi connectivity index (χ1v) is 11.3. The highest BCUT2D eigenvalue weighted by Gasteiger charge is 2.36. The van der Waals surface area contributed by atoms with Crippen molar-refractivity contribution >= 4 is 29.3 Å². The lowest BCUT2D eigenvalue weighted by atomic mass is 10.1. The number of rotatable bonds is 5. The zero-order valence-corrected chi connectivity index (χ0v) is 17.6. The Balaban J connectivity index is 1.40. The lowest BCUT2D eigenvalue weighted by molar-refractivity contribution is -0.906. The largest absolute Gasteiger partial charge is 0.348 e. The van der Waals surface area contributed by atoms with E-state index in [1.165, 1.54) is 29.7 Å². The molecular formula is C23H28N3O2S+. The highest BCUT2D eigenvalue weighted by atomic mass is 32.2. The maximum atomic E-state index is 12.6.